The lowest BCUT2D eigenvalue weighted by molar-refractivity contribution is -0.168. The van der Waals surface area contributed by atoms with Gasteiger partial charge in [-0.3, -0.25) is 9.80 Å². The van der Waals surface area contributed by atoms with Crippen LogP contribution in [0.3, 0.4) is 0 Å². The number of phenols is 1. The Balaban J connectivity index is 1.05. The number of methoxy groups -OCH3 is 4. The number of hydrogen-bond acceptors (Lipinski definition) is 14. The molecular formula is C44H50N4O10. The molecule has 0 aromatic heterocycles. The molecule has 306 valence electrons. The van der Waals surface area contributed by atoms with E-state index in [9.17, 15) is 19.8 Å². The minimum absolute atomic E-state index is 0.0607. The number of aliphatic hydroxyl groups is 1. The minimum atomic E-state index is -0.959. The molecule has 0 radical (unpaired) electrons. The summed E-state index contributed by atoms with van der Waals surface area (Å²) in [6.45, 7) is 6.76. The van der Waals surface area contributed by atoms with E-state index in [1.807, 2.05) is 0 Å². The summed E-state index contributed by atoms with van der Waals surface area (Å²) >= 11 is 0. The molecule has 2 unspecified atom stereocenters. The number of carbonyl (C=O) groups excluding carboxylic acids is 2. The molecule has 8 heterocycles. The van der Waals surface area contributed by atoms with Crippen LogP contribution in [0.15, 0.2) is 40.7 Å². The molecule has 2 aromatic rings. The third-order valence-electron chi connectivity index (χ3n) is 16.9. The highest BCUT2D eigenvalue weighted by atomic mass is 16.6. The molecule has 0 amide bonds. The van der Waals surface area contributed by atoms with Crippen molar-refractivity contribution in [2.75, 3.05) is 58.7 Å². The van der Waals surface area contributed by atoms with Crippen LogP contribution in [0.1, 0.15) is 75.1 Å². The Labute approximate surface area is 336 Å². The number of rotatable bonds is 6. The van der Waals surface area contributed by atoms with E-state index >= 15 is 0 Å². The number of carbonyl (C=O) groups is 2. The van der Waals surface area contributed by atoms with Crippen molar-refractivity contribution in [2.24, 2.45) is 10.8 Å². The third-order valence-corrected chi connectivity index (χ3v) is 16.9. The molecule has 0 saturated carbocycles. The Kier molecular flexibility index (Phi) is 6.84. The molecule has 0 bridgehead atoms. The first kappa shape index (κ1) is 35.4. The predicted molar refractivity (Wildman–Crippen MR) is 208 cm³/mol. The average Bonchev–Trinajstić information content (AvgIpc) is 3.57. The fourth-order valence-corrected chi connectivity index (χ4v) is 14.9. The van der Waals surface area contributed by atoms with E-state index in [0.717, 1.165) is 54.1 Å². The van der Waals surface area contributed by atoms with Crippen molar-refractivity contribution in [3.63, 3.8) is 0 Å². The van der Waals surface area contributed by atoms with Crippen molar-refractivity contribution in [1.29, 1.82) is 0 Å². The SMILES string of the molecule is CC[C@@]12CC(C(=O)OC)=C3Nc4cc5c(cc4C34CCN(C[C@H]3O[C@H]31)[C@H]42)[C@@H]1[C@H](O5)[C@@H](O)[C@@]2(CC)CC(C(=O)OC)=C3Nc4c(cc(O)c(OC)c4OC)C34CCN1[C@H]42. The van der Waals surface area contributed by atoms with Gasteiger partial charge in [-0.15, -0.1) is 0 Å². The summed E-state index contributed by atoms with van der Waals surface area (Å²) in [7, 11) is 5.89. The Morgan fingerprint density at radius 1 is 0.862 bits per heavy atom. The second-order valence-corrected chi connectivity index (χ2v) is 18.3. The van der Waals surface area contributed by atoms with E-state index in [1.165, 1.54) is 26.9 Å². The summed E-state index contributed by atoms with van der Waals surface area (Å²) in [4.78, 5) is 32.8. The summed E-state index contributed by atoms with van der Waals surface area (Å²) < 4.78 is 35.8. The van der Waals surface area contributed by atoms with Crippen LogP contribution >= 0.6 is 0 Å². The number of hydrogen-bond donors (Lipinski definition) is 4. The fraction of sp³-hybridized carbons (Fsp3) is 0.591. The number of nitrogens with zero attached hydrogens (tertiary/aromatic N) is 2. The van der Waals surface area contributed by atoms with Crippen LogP contribution in [0.2, 0.25) is 0 Å². The van der Waals surface area contributed by atoms with E-state index < -0.39 is 34.4 Å². The summed E-state index contributed by atoms with van der Waals surface area (Å²) in [6, 6.07) is 5.72. The molecule has 5 fully saturated rings. The van der Waals surface area contributed by atoms with E-state index in [0.29, 0.717) is 54.1 Å². The van der Waals surface area contributed by atoms with Crippen molar-refractivity contribution >= 4 is 23.3 Å². The number of aliphatic hydroxyl groups excluding tert-OH is 1. The first-order valence-electron chi connectivity index (χ1n) is 20.9. The van der Waals surface area contributed by atoms with Gasteiger partial charge in [0.1, 0.15) is 18.0 Å². The van der Waals surface area contributed by atoms with E-state index in [4.69, 9.17) is 28.4 Å². The molecule has 10 aliphatic rings. The van der Waals surface area contributed by atoms with Crippen molar-refractivity contribution < 1.29 is 48.2 Å². The van der Waals surface area contributed by atoms with Gasteiger partial charge in [-0.25, -0.2) is 9.59 Å². The molecule has 12 rings (SSSR count). The van der Waals surface area contributed by atoms with Gasteiger partial charge in [0.2, 0.25) is 5.75 Å². The first-order valence-corrected chi connectivity index (χ1v) is 20.9. The van der Waals surface area contributed by atoms with Crippen molar-refractivity contribution in [3.8, 4) is 23.0 Å². The zero-order chi connectivity index (χ0) is 40.0. The standard InChI is InChI=1S/C44H50N4O10/c1-7-41-16-20(37(51)55-5)34-44(23-14-25(49)30(53-3)31(54-4)28(23)46-34)10-12-48(40(41)44)29-19-13-22-24(15-26(19)57-32(29)35(41)50)45-33-21(38(52)56-6)17-42(8-2)36-27(58-36)18-47-11-9-43(22,33)39(42)47/h13-15,27,29,32,35-36,39-40,45-46,49-50H,7-12,16-18H2,1-6H3/t27-,29-,32+,35-,36-,39+,40+,41-,42-,43?,44?/m1/s1. The van der Waals surface area contributed by atoms with Crippen molar-refractivity contribution in [3.05, 3.63) is 57.4 Å². The molecule has 14 heteroatoms. The molecular weight excluding hydrogens is 745 g/mol. The molecule has 2 aromatic carbocycles. The van der Waals surface area contributed by atoms with Gasteiger partial charge in [-0.2, -0.15) is 0 Å². The van der Waals surface area contributed by atoms with E-state index in [-0.39, 0.29) is 59.6 Å². The predicted octanol–water partition coefficient (Wildman–Crippen LogP) is 4.00. The molecule has 11 atom stereocenters. The maximum Gasteiger partial charge on any atom is 0.335 e. The summed E-state index contributed by atoms with van der Waals surface area (Å²) in [5, 5.41) is 31.8. The van der Waals surface area contributed by atoms with Crippen LogP contribution in [0.25, 0.3) is 0 Å². The largest absolute Gasteiger partial charge is 0.504 e. The molecule has 4 N–H and O–H groups in total. The number of benzene rings is 2. The van der Waals surface area contributed by atoms with Gasteiger partial charge in [0.25, 0.3) is 0 Å². The lowest BCUT2D eigenvalue weighted by Crippen LogP contribution is -2.69. The maximum absolute atomic E-state index is 13.9. The van der Waals surface area contributed by atoms with Gasteiger partial charge in [-0.1, -0.05) is 13.8 Å². The minimum Gasteiger partial charge on any atom is -0.504 e. The smallest absolute Gasteiger partial charge is 0.335 e. The van der Waals surface area contributed by atoms with Crippen molar-refractivity contribution in [2.45, 2.75) is 106 Å². The van der Waals surface area contributed by atoms with Gasteiger partial charge < -0.3 is 49.3 Å². The van der Waals surface area contributed by atoms with Gasteiger partial charge >= 0.3 is 11.9 Å². The zero-order valence-corrected chi connectivity index (χ0v) is 33.7. The maximum atomic E-state index is 13.9. The van der Waals surface area contributed by atoms with E-state index in [1.54, 1.807) is 13.2 Å². The monoisotopic (exact) mass is 794 g/mol. The number of phenolic OH excluding ortho intramolecular Hbond substituents is 1. The number of aromatic hydroxyl groups is 1. The topological polar surface area (TPSA) is 164 Å². The number of esters is 2. The number of anilines is 2. The molecule has 5 saturated heterocycles. The lowest BCUT2D eigenvalue weighted by atomic mass is 9.51. The van der Waals surface area contributed by atoms with Crippen LogP contribution in [-0.2, 0) is 34.6 Å². The van der Waals surface area contributed by atoms with Gasteiger partial charge in [0.15, 0.2) is 11.5 Å². The second-order valence-electron chi connectivity index (χ2n) is 18.3. The van der Waals surface area contributed by atoms with E-state index in [2.05, 4.69) is 46.4 Å². The molecule has 2 aliphatic carbocycles. The third kappa shape index (κ3) is 3.66. The highest BCUT2D eigenvalue weighted by Crippen LogP contribution is 2.73. The molecule has 14 nitrogen and oxygen atoms in total. The number of fused-ring (bicyclic) bond motifs is 8. The number of piperidine rings is 2. The van der Waals surface area contributed by atoms with Gasteiger partial charge in [-0.05, 0) is 68.3 Å². The summed E-state index contributed by atoms with van der Waals surface area (Å²) in [5.74, 6) is 0.458. The number of nitrogens with one attached hydrogen (secondary N) is 2. The number of ether oxygens (including phenoxy) is 6. The average molecular weight is 795 g/mol. The Morgan fingerprint density at radius 2 is 1.53 bits per heavy atom. The summed E-state index contributed by atoms with van der Waals surface area (Å²) in [5.41, 5.74) is 5.09. The van der Waals surface area contributed by atoms with Crippen LogP contribution in [-0.4, -0.2) is 117 Å². The van der Waals surface area contributed by atoms with Gasteiger partial charge in [0.05, 0.1) is 74.4 Å². The first-order chi connectivity index (χ1) is 28.0. The second kappa shape index (κ2) is 11.2. The number of epoxide rings is 1. The van der Waals surface area contributed by atoms with Crippen LogP contribution < -0.4 is 24.8 Å². The lowest BCUT2D eigenvalue weighted by Gasteiger charge is -2.60. The van der Waals surface area contributed by atoms with Crippen molar-refractivity contribution in [1.82, 2.24) is 9.80 Å². The molecule has 2 spiro atoms. The van der Waals surface area contributed by atoms with Crippen LogP contribution in [0.5, 0.6) is 23.0 Å². The molecule has 58 heavy (non-hydrogen) atoms. The molecule has 8 aliphatic heterocycles. The normalized spacial score (nSPS) is 40.0. The highest BCUT2D eigenvalue weighted by molar-refractivity contribution is 5.95. The van der Waals surface area contributed by atoms with Crippen LogP contribution in [0.4, 0.5) is 11.4 Å². The fourth-order valence-electron chi connectivity index (χ4n) is 14.9. The van der Waals surface area contributed by atoms with Crippen LogP contribution in [0, 0.1) is 10.8 Å². The zero-order valence-electron chi connectivity index (χ0n) is 33.7. The quantitative estimate of drug-likeness (QED) is 0.189. The van der Waals surface area contributed by atoms with Gasteiger partial charge in [0, 0.05) is 64.7 Å². The highest BCUT2D eigenvalue weighted by Gasteiger charge is 2.76. The Bertz CT molecular complexity index is 2350. The Hall–Kier alpha value is -4.50. The Morgan fingerprint density at radius 3 is 2.22 bits per heavy atom. The summed E-state index contributed by atoms with van der Waals surface area (Å²) in [6.07, 6.45) is 2.52.